The van der Waals surface area contributed by atoms with E-state index in [1.165, 1.54) is 5.69 Å². The van der Waals surface area contributed by atoms with Crippen LogP contribution in [-0.4, -0.2) is 85.7 Å². The number of nitrogens with zero attached hydrogens (tertiary/aromatic N) is 6. The highest BCUT2D eigenvalue weighted by atomic mass is 16.7. The zero-order valence-electron chi connectivity index (χ0n) is 21.4. The summed E-state index contributed by atoms with van der Waals surface area (Å²) >= 11 is 0. The Morgan fingerprint density at radius 2 is 1.81 bits per heavy atom. The predicted octanol–water partition coefficient (Wildman–Crippen LogP) is 2.94. The first-order valence-electron chi connectivity index (χ1n) is 12.8. The van der Waals surface area contributed by atoms with Gasteiger partial charge in [0.05, 0.1) is 23.7 Å². The summed E-state index contributed by atoms with van der Waals surface area (Å²) in [6.07, 6.45) is 3.39. The van der Waals surface area contributed by atoms with Crippen molar-refractivity contribution in [3.05, 3.63) is 48.3 Å². The Hall–Kier alpha value is -3.52. The molecule has 2 aromatic heterocycles. The Kier molecular flexibility index (Phi) is 7.94. The first kappa shape index (κ1) is 25.1. The van der Waals surface area contributed by atoms with E-state index in [-0.39, 0.29) is 6.29 Å². The van der Waals surface area contributed by atoms with E-state index >= 15 is 0 Å². The summed E-state index contributed by atoms with van der Waals surface area (Å²) in [7, 11) is 3.23. The van der Waals surface area contributed by atoms with Crippen molar-refractivity contribution in [1.82, 2.24) is 19.9 Å². The van der Waals surface area contributed by atoms with Gasteiger partial charge < -0.3 is 29.9 Å². The molecular weight excluding hydrogens is 468 g/mol. The molecule has 3 aromatic rings. The number of piperidine rings is 1. The Labute approximate surface area is 217 Å². The van der Waals surface area contributed by atoms with Crippen LogP contribution in [0.1, 0.15) is 18.4 Å². The molecule has 2 aliphatic heterocycles. The van der Waals surface area contributed by atoms with Gasteiger partial charge >= 0.3 is 0 Å². The zero-order chi connectivity index (χ0) is 25.6. The van der Waals surface area contributed by atoms with Crippen LogP contribution >= 0.6 is 0 Å². The SMILES string of the molecule is COC(CNc1ccc2ncnc(NC3CCN(CC4CN(c5ccc(C#N)cc5)C4)CC3)c2n1)OC. The fourth-order valence-corrected chi connectivity index (χ4v) is 5.06. The van der Waals surface area contributed by atoms with E-state index in [1.54, 1.807) is 20.5 Å². The predicted molar refractivity (Wildman–Crippen MR) is 144 cm³/mol. The molecule has 5 rings (SSSR count). The largest absolute Gasteiger partial charge is 0.371 e. The normalized spacial score (nSPS) is 17.1. The van der Waals surface area contributed by atoms with Crippen molar-refractivity contribution in [2.75, 3.05) is 69.0 Å². The minimum Gasteiger partial charge on any atom is -0.371 e. The van der Waals surface area contributed by atoms with Crippen LogP contribution in [0.2, 0.25) is 0 Å². The van der Waals surface area contributed by atoms with Crippen LogP contribution in [-0.2, 0) is 9.47 Å². The van der Waals surface area contributed by atoms with Gasteiger partial charge in [0.2, 0.25) is 0 Å². The lowest BCUT2D eigenvalue weighted by Crippen LogP contribution is -2.53. The Balaban J connectivity index is 1.11. The Morgan fingerprint density at radius 3 is 2.51 bits per heavy atom. The number of anilines is 3. The topological polar surface area (TPSA) is 111 Å². The lowest BCUT2D eigenvalue weighted by atomic mass is 9.96. The highest BCUT2D eigenvalue weighted by Gasteiger charge is 2.30. The van der Waals surface area contributed by atoms with Crippen molar-refractivity contribution in [3.8, 4) is 6.07 Å². The van der Waals surface area contributed by atoms with Gasteiger partial charge in [-0.25, -0.2) is 15.0 Å². The van der Waals surface area contributed by atoms with Gasteiger partial charge in [-0.3, -0.25) is 0 Å². The highest BCUT2D eigenvalue weighted by molar-refractivity contribution is 5.86. The lowest BCUT2D eigenvalue weighted by Gasteiger charge is -2.44. The molecule has 0 unspecified atom stereocenters. The second-order valence-electron chi connectivity index (χ2n) is 9.72. The molecule has 10 nitrogen and oxygen atoms in total. The number of nitriles is 1. The Morgan fingerprint density at radius 1 is 1.05 bits per heavy atom. The number of hydrogen-bond donors (Lipinski definition) is 2. The van der Waals surface area contributed by atoms with Gasteiger partial charge in [-0.05, 0) is 49.2 Å². The van der Waals surface area contributed by atoms with Crippen LogP contribution in [0.5, 0.6) is 0 Å². The molecule has 0 bridgehead atoms. The van der Waals surface area contributed by atoms with E-state index < -0.39 is 0 Å². The fraction of sp³-hybridized carbons (Fsp3) is 0.481. The molecule has 0 atom stereocenters. The van der Waals surface area contributed by atoms with Crippen molar-refractivity contribution < 1.29 is 9.47 Å². The molecule has 0 saturated carbocycles. The maximum Gasteiger partial charge on any atom is 0.173 e. The maximum atomic E-state index is 8.98. The number of nitrogens with one attached hydrogen (secondary N) is 2. The maximum absolute atomic E-state index is 8.98. The van der Waals surface area contributed by atoms with Crippen LogP contribution in [0, 0.1) is 17.2 Å². The molecule has 4 heterocycles. The second kappa shape index (κ2) is 11.7. The molecule has 37 heavy (non-hydrogen) atoms. The molecule has 2 N–H and O–H groups in total. The number of fused-ring (bicyclic) bond motifs is 1. The summed E-state index contributed by atoms with van der Waals surface area (Å²) in [4.78, 5) is 18.6. The second-order valence-corrected chi connectivity index (χ2v) is 9.72. The summed E-state index contributed by atoms with van der Waals surface area (Å²) in [5.74, 6) is 2.20. The number of aromatic nitrogens is 3. The van der Waals surface area contributed by atoms with Crippen molar-refractivity contribution >= 4 is 28.4 Å². The minimum absolute atomic E-state index is 0.341. The number of methoxy groups -OCH3 is 2. The van der Waals surface area contributed by atoms with Crippen LogP contribution in [0.3, 0.4) is 0 Å². The number of benzene rings is 1. The third-order valence-corrected chi connectivity index (χ3v) is 7.22. The lowest BCUT2D eigenvalue weighted by molar-refractivity contribution is -0.0914. The molecule has 0 radical (unpaired) electrons. The van der Waals surface area contributed by atoms with E-state index in [4.69, 9.17) is 19.7 Å². The van der Waals surface area contributed by atoms with Crippen molar-refractivity contribution in [1.29, 1.82) is 5.26 Å². The van der Waals surface area contributed by atoms with Gasteiger partial charge in [0, 0.05) is 64.6 Å². The van der Waals surface area contributed by atoms with Crippen molar-refractivity contribution in [2.24, 2.45) is 5.92 Å². The zero-order valence-corrected chi connectivity index (χ0v) is 21.4. The quantitative estimate of drug-likeness (QED) is 0.401. The average molecular weight is 503 g/mol. The van der Waals surface area contributed by atoms with Crippen LogP contribution in [0.25, 0.3) is 11.0 Å². The number of hydrogen-bond acceptors (Lipinski definition) is 10. The molecule has 0 amide bonds. The van der Waals surface area contributed by atoms with Gasteiger partial charge in [0.1, 0.15) is 17.7 Å². The summed E-state index contributed by atoms with van der Waals surface area (Å²) in [5.41, 5.74) is 3.49. The third kappa shape index (κ3) is 6.07. The summed E-state index contributed by atoms with van der Waals surface area (Å²) in [6, 6.07) is 14.3. The van der Waals surface area contributed by atoms with E-state index in [0.717, 1.165) is 68.2 Å². The van der Waals surface area contributed by atoms with Gasteiger partial charge in [0.25, 0.3) is 0 Å². The summed E-state index contributed by atoms with van der Waals surface area (Å²) in [5, 5.41) is 15.9. The van der Waals surface area contributed by atoms with Gasteiger partial charge in [0.15, 0.2) is 12.1 Å². The van der Waals surface area contributed by atoms with E-state index in [2.05, 4.69) is 36.5 Å². The molecule has 2 aliphatic rings. The van der Waals surface area contributed by atoms with Crippen molar-refractivity contribution in [2.45, 2.75) is 25.2 Å². The van der Waals surface area contributed by atoms with E-state index in [9.17, 15) is 0 Å². The monoisotopic (exact) mass is 502 g/mol. The number of ether oxygens (including phenoxy) is 2. The third-order valence-electron chi connectivity index (χ3n) is 7.22. The molecule has 2 fully saturated rings. The summed E-state index contributed by atoms with van der Waals surface area (Å²) < 4.78 is 10.5. The first-order valence-corrected chi connectivity index (χ1v) is 12.8. The molecule has 1 aromatic carbocycles. The van der Waals surface area contributed by atoms with Gasteiger partial charge in [-0.15, -0.1) is 0 Å². The molecule has 10 heteroatoms. The number of likely N-dealkylation sites (tertiary alicyclic amines) is 1. The van der Waals surface area contributed by atoms with E-state index in [0.29, 0.717) is 24.1 Å². The highest BCUT2D eigenvalue weighted by Crippen LogP contribution is 2.27. The molecular formula is C27H34N8O2. The van der Waals surface area contributed by atoms with Crippen LogP contribution < -0.4 is 15.5 Å². The fourth-order valence-electron chi connectivity index (χ4n) is 5.06. The van der Waals surface area contributed by atoms with Gasteiger partial charge in [-0.2, -0.15) is 5.26 Å². The molecule has 0 spiro atoms. The number of pyridine rings is 1. The average Bonchev–Trinajstić information content (AvgIpc) is 2.92. The standard InChI is InChI=1S/C27H34N8O2/c1-36-25(37-2)14-29-24-8-7-23-26(33-24)27(31-18-30-23)32-21-9-11-34(12-10-21)15-20-16-35(17-20)22-5-3-19(13-28)4-6-22/h3-8,18,20-21,25H,9-12,14-17H2,1-2H3,(H,29,33)(H,30,31,32). The number of rotatable bonds is 10. The van der Waals surface area contributed by atoms with Crippen molar-refractivity contribution in [3.63, 3.8) is 0 Å². The minimum atomic E-state index is -0.341. The van der Waals surface area contributed by atoms with Crippen LogP contribution in [0.15, 0.2) is 42.7 Å². The Bertz CT molecular complexity index is 1210. The van der Waals surface area contributed by atoms with E-state index in [1.807, 2.05) is 36.4 Å². The van der Waals surface area contributed by atoms with Crippen LogP contribution in [0.4, 0.5) is 17.3 Å². The molecule has 194 valence electrons. The molecule has 2 saturated heterocycles. The summed E-state index contributed by atoms with van der Waals surface area (Å²) in [6.45, 7) is 5.93. The first-order chi connectivity index (χ1) is 18.1. The smallest absolute Gasteiger partial charge is 0.173 e. The van der Waals surface area contributed by atoms with Gasteiger partial charge in [-0.1, -0.05) is 0 Å². The molecule has 0 aliphatic carbocycles.